The largest absolute Gasteiger partial charge is 0.392 e. The minimum Gasteiger partial charge on any atom is -0.392 e. The lowest BCUT2D eigenvalue weighted by atomic mass is 9.99. The molecule has 1 N–H and O–H groups in total. The molecule has 2 unspecified atom stereocenters. The summed E-state index contributed by atoms with van der Waals surface area (Å²) < 4.78 is 0. The number of hydrogen-bond donors (Lipinski definition) is 1. The maximum atomic E-state index is 12.6. The Labute approximate surface area is 127 Å². The number of amides is 1. The van der Waals surface area contributed by atoms with Crippen molar-refractivity contribution in [2.45, 2.75) is 32.4 Å². The van der Waals surface area contributed by atoms with Crippen molar-refractivity contribution in [3.63, 3.8) is 0 Å². The van der Waals surface area contributed by atoms with Crippen LogP contribution in [0, 0.1) is 5.92 Å². The van der Waals surface area contributed by atoms with Crippen molar-refractivity contribution in [2.75, 3.05) is 26.7 Å². The van der Waals surface area contributed by atoms with E-state index in [0.717, 1.165) is 25.2 Å². The van der Waals surface area contributed by atoms with Crippen molar-refractivity contribution in [2.24, 2.45) is 5.92 Å². The van der Waals surface area contributed by atoms with E-state index in [1.54, 1.807) is 0 Å². The van der Waals surface area contributed by atoms with Crippen molar-refractivity contribution >= 4 is 5.91 Å². The number of rotatable bonds is 4. The van der Waals surface area contributed by atoms with Gasteiger partial charge in [0.05, 0.1) is 18.6 Å². The quantitative estimate of drug-likeness (QED) is 0.921. The van der Waals surface area contributed by atoms with Gasteiger partial charge in [-0.05, 0) is 18.5 Å². The van der Waals surface area contributed by atoms with Gasteiger partial charge in [-0.2, -0.15) is 0 Å². The van der Waals surface area contributed by atoms with Crippen LogP contribution in [0.1, 0.15) is 31.9 Å². The van der Waals surface area contributed by atoms with Crippen LogP contribution in [0.2, 0.25) is 0 Å². The first-order valence-electron chi connectivity index (χ1n) is 7.70. The minimum absolute atomic E-state index is 0.0538. The average molecular weight is 290 g/mol. The zero-order valence-corrected chi connectivity index (χ0v) is 13.2. The molecule has 2 atom stereocenters. The topological polar surface area (TPSA) is 43.8 Å². The summed E-state index contributed by atoms with van der Waals surface area (Å²) in [6.45, 7) is 6.33. The molecule has 1 aliphatic rings. The van der Waals surface area contributed by atoms with Gasteiger partial charge >= 0.3 is 0 Å². The van der Waals surface area contributed by atoms with Crippen molar-refractivity contribution in [3.05, 3.63) is 35.9 Å². The van der Waals surface area contributed by atoms with Crippen LogP contribution in [0.4, 0.5) is 0 Å². The van der Waals surface area contributed by atoms with E-state index >= 15 is 0 Å². The first-order valence-corrected chi connectivity index (χ1v) is 7.70. The number of piperazine rings is 1. The van der Waals surface area contributed by atoms with Gasteiger partial charge < -0.3 is 14.9 Å². The average Bonchev–Trinajstić information content (AvgIpc) is 2.47. The molecule has 2 rings (SSSR count). The molecule has 4 nitrogen and oxygen atoms in total. The Bertz CT molecular complexity index is 461. The van der Waals surface area contributed by atoms with Gasteiger partial charge in [0.2, 0.25) is 5.91 Å². The van der Waals surface area contributed by atoms with Crippen LogP contribution < -0.4 is 0 Å². The van der Waals surface area contributed by atoms with Gasteiger partial charge in [0.25, 0.3) is 0 Å². The molecule has 116 valence electrons. The van der Waals surface area contributed by atoms with E-state index in [1.165, 1.54) is 0 Å². The SMILES string of the molecule is CC(C)C(O)CC(=O)N1CCN(C)CC1c1ccccc1. The summed E-state index contributed by atoms with van der Waals surface area (Å²) >= 11 is 0. The number of aliphatic hydroxyl groups is 1. The molecule has 1 amide bonds. The summed E-state index contributed by atoms with van der Waals surface area (Å²) in [5.41, 5.74) is 1.16. The molecule has 0 aromatic heterocycles. The van der Waals surface area contributed by atoms with Crippen LogP contribution in [0.25, 0.3) is 0 Å². The van der Waals surface area contributed by atoms with E-state index in [9.17, 15) is 9.90 Å². The van der Waals surface area contributed by atoms with Crippen LogP contribution in [0.15, 0.2) is 30.3 Å². The third-order valence-electron chi connectivity index (χ3n) is 4.24. The summed E-state index contributed by atoms with van der Waals surface area (Å²) in [7, 11) is 2.08. The lowest BCUT2D eigenvalue weighted by Gasteiger charge is -2.40. The Morgan fingerprint density at radius 1 is 1.29 bits per heavy atom. The zero-order valence-electron chi connectivity index (χ0n) is 13.2. The number of hydrogen-bond acceptors (Lipinski definition) is 3. The van der Waals surface area contributed by atoms with E-state index in [0.29, 0.717) is 0 Å². The number of aliphatic hydroxyl groups excluding tert-OH is 1. The molecular weight excluding hydrogens is 264 g/mol. The Kier molecular flexibility index (Phi) is 5.37. The van der Waals surface area contributed by atoms with Gasteiger partial charge in [-0.15, -0.1) is 0 Å². The Morgan fingerprint density at radius 3 is 2.57 bits per heavy atom. The summed E-state index contributed by atoms with van der Waals surface area (Å²) in [6, 6.07) is 10.2. The fourth-order valence-electron chi connectivity index (χ4n) is 2.71. The first kappa shape index (κ1) is 16.0. The molecule has 1 aromatic rings. The number of likely N-dealkylation sites (N-methyl/N-ethyl adjacent to an activating group) is 1. The van der Waals surface area contributed by atoms with Gasteiger partial charge in [0.15, 0.2) is 0 Å². The molecule has 0 bridgehead atoms. The van der Waals surface area contributed by atoms with E-state index in [1.807, 2.05) is 36.9 Å². The molecule has 0 spiro atoms. The second-order valence-corrected chi connectivity index (χ2v) is 6.29. The second-order valence-electron chi connectivity index (χ2n) is 6.29. The number of nitrogens with zero attached hydrogens (tertiary/aromatic N) is 2. The highest BCUT2D eigenvalue weighted by molar-refractivity contribution is 5.77. The highest BCUT2D eigenvalue weighted by atomic mass is 16.3. The molecule has 1 aromatic carbocycles. The molecule has 1 saturated heterocycles. The smallest absolute Gasteiger partial charge is 0.225 e. The van der Waals surface area contributed by atoms with E-state index < -0.39 is 6.10 Å². The maximum absolute atomic E-state index is 12.6. The van der Waals surface area contributed by atoms with Crippen LogP contribution in [-0.2, 0) is 4.79 Å². The van der Waals surface area contributed by atoms with Crippen molar-refractivity contribution in [1.29, 1.82) is 0 Å². The van der Waals surface area contributed by atoms with Crippen molar-refractivity contribution < 1.29 is 9.90 Å². The fourth-order valence-corrected chi connectivity index (χ4v) is 2.71. The summed E-state index contributed by atoms with van der Waals surface area (Å²) in [5, 5.41) is 9.98. The van der Waals surface area contributed by atoms with Crippen LogP contribution >= 0.6 is 0 Å². The lowest BCUT2D eigenvalue weighted by molar-refractivity contribution is -0.138. The highest BCUT2D eigenvalue weighted by Gasteiger charge is 2.31. The number of carbonyl (C=O) groups excluding carboxylic acids is 1. The maximum Gasteiger partial charge on any atom is 0.225 e. The molecule has 1 heterocycles. The van der Waals surface area contributed by atoms with Crippen LogP contribution in [0.3, 0.4) is 0 Å². The second kappa shape index (κ2) is 7.05. The first-order chi connectivity index (χ1) is 9.99. The van der Waals surface area contributed by atoms with E-state index in [-0.39, 0.29) is 24.3 Å². The predicted molar refractivity (Wildman–Crippen MR) is 83.9 cm³/mol. The third-order valence-corrected chi connectivity index (χ3v) is 4.24. The molecule has 0 aliphatic carbocycles. The molecule has 1 aliphatic heterocycles. The van der Waals surface area contributed by atoms with Crippen molar-refractivity contribution in [3.8, 4) is 0 Å². The molecule has 0 saturated carbocycles. The zero-order chi connectivity index (χ0) is 15.4. The van der Waals surface area contributed by atoms with E-state index in [4.69, 9.17) is 0 Å². The lowest BCUT2D eigenvalue weighted by Crippen LogP contribution is -2.50. The van der Waals surface area contributed by atoms with Gasteiger partial charge in [0, 0.05) is 19.6 Å². The van der Waals surface area contributed by atoms with Gasteiger partial charge in [-0.1, -0.05) is 44.2 Å². The van der Waals surface area contributed by atoms with Gasteiger partial charge in [-0.3, -0.25) is 4.79 Å². The third kappa shape index (κ3) is 4.05. The monoisotopic (exact) mass is 290 g/mol. The summed E-state index contributed by atoms with van der Waals surface area (Å²) in [4.78, 5) is 16.7. The fraction of sp³-hybridized carbons (Fsp3) is 0.588. The summed E-state index contributed by atoms with van der Waals surface area (Å²) in [5.74, 6) is 0.162. The standard InChI is InChI=1S/C17H26N2O2/c1-13(2)16(20)11-17(21)19-10-9-18(3)12-15(19)14-7-5-4-6-8-14/h4-8,13,15-16,20H,9-12H2,1-3H3. The molecule has 21 heavy (non-hydrogen) atoms. The molecule has 1 fully saturated rings. The van der Waals surface area contributed by atoms with Gasteiger partial charge in [0.1, 0.15) is 0 Å². The number of benzene rings is 1. The molecular formula is C17H26N2O2. The number of carbonyl (C=O) groups is 1. The van der Waals surface area contributed by atoms with Crippen molar-refractivity contribution in [1.82, 2.24) is 9.80 Å². The summed E-state index contributed by atoms with van der Waals surface area (Å²) in [6.07, 6.45) is -0.348. The Morgan fingerprint density at radius 2 is 1.95 bits per heavy atom. The minimum atomic E-state index is -0.562. The van der Waals surface area contributed by atoms with Crippen LogP contribution in [-0.4, -0.2) is 53.6 Å². The van der Waals surface area contributed by atoms with Crippen LogP contribution in [0.5, 0.6) is 0 Å². The molecule has 0 radical (unpaired) electrons. The predicted octanol–water partition coefficient (Wildman–Crippen LogP) is 1.91. The molecule has 4 heteroatoms. The highest BCUT2D eigenvalue weighted by Crippen LogP contribution is 2.26. The van der Waals surface area contributed by atoms with E-state index in [2.05, 4.69) is 24.1 Å². The Hall–Kier alpha value is -1.39. The normalized spacial score (nSPS) is 21.6. The Balaban J connectivity index is 2.13. The van der Waals surface area contributed by atoms with Gasteiger partial charge in [-0.25, -0.2) is 0 Å².